The average Bonchev–Trinajstić information content (AvgIpc) is 2.37. The summed E-state index contributed by atoms with van der Waals surface area (Å²) in [6.07, 6.45) is 0.364. The number of ether oxygens (including phenoxy) is 1. The van der Waals surface area contributed by atoms with Crippen molar-refractivity contribution in [2.24, 2.45) is 5.92 Å². The molecule has 5 heteroatoms. The highest BCUT2D eigenvalue weighted by molar-refractivity contribution is 5.89. The summed E-state index contributed by atoms with van der Waals surface area (Å²) in [6, 6.07) is -0.411. The van der Waals surface area contributed by atoms with Gasteiger partial charge in [-0.2, -0.15) is 0 Å². The van der Waals surface area contributed by atoms with E-state index in [1.54, 1.807) is 18.9 Å². The van der Waals surface area contributed by atoms with Gasteiger partial charge in [-0.05, 0) is 12.8 Å². The summed E-state index contributed by atoms with van der Waals surface area (Å²) in [6.45, 7) is 6.82. The predicted octanol–water partition coefficient (Wildman–Crippen LogP) is 0.394. The molecule has 0 spiro atoms. The van der Waals surface area contributed by atoms with Crippen molar-refractivity contribution >= 4 is 11.8 Å². The van der Waals surface area contributed by atoms with Crippen LogP contribution in [0.15, 0.2) is 0 Å². The van der Waals surface area contributed by atoms with E-state index in [1.807, 2.05) is 0 Å². The van der Waals surface area contributed by atoms with Gasteiger partial charge < -0.3 is 15.0 Å². The molecule has 0 aromatic rings. The molecule has 2 amide bonds. The Morgan fingerprint density at radius 2 is 2.12 bits per heavy atom. The van der Waals surface area contributed by atoms with Gasteiger partial charge in [-0.1, -0.05) is 13.8 Å². The van der Waals surface area contributed by atoms with Gasteiger partial charge in [0.15, 0.2) is 0 Å². The van der Waals surface area contributed by atoms with Crippen molar-refractivity contribution in [1.29, 1.82) is 0 Å². The molecule has 1 rings (SSSR count). The normalized spacial score (nSPS) is 23.6. The van der Waals surface area contributed by atoms with Gasteiger partial charge in [-0.15, -0.1) is 0 Å². The van der Waals surface area contributed by atoms with E-state index in [4.69, 9.17) is 4.74 Å². The highest BCUT2D eigenvalue weighted by Crippen LogP contribution is 2.15. The van der Waals surface area contributed by atoms with Crippen LogP contribution in [0.4, 0.5) is 0 Å². The summed E-state index contributed by atoms with van der Waals surface area (Å²) in [5.41, 5.74) is 0. The Labute approximate surface area is 102 Å². The van der Waals surface area contributed by atoms with Crippen LogP contribution in [0.3, 0.4) is 0 Å². The number of hydrogen-bond donors (Lipinski definition) is 1. The number of nitrogens with zero attached hydrogens (tertiary/aromatic N) is 1. The monoisotopic (exact) mass is 242 g/mol. The van der Waals surface area contributed by atoms with Crippen molar-refractivity contribution < 1.29 is 14.3 Å². The molecule has 0 radical (unpaired) electrons. The number of hydrogen-bond acceptors (Lipinski definition) is 3. The van der Waals surface area contributed by atoms with Gasteiger partial charge in [0.05, 0.1) is 12.6 Å². The van der Waals surface area contributed by atoms with Crippen LogP contribution in [0.25, 0.3) is 0 Å². The first kappa shape index (κ1) is 14.0. The second kappa shape index (κ2) is 6.00. The third kappa shape index (κ3) is 3.43. The molecule has 1 heterocycles. The number of nitrogens with one attached hydrogen (secondary N) is 1. The standard InChI is InChI=1S/C12H22N2O3/c1-8(2)10(7-17-4)14-6-5-11(15)13-9(3)12(14)16/h8-10H,5-7H2,1-4H3,(H,13,15). The smallest absolute Gasteiger partial charge is 0.245 e. The van der Waals surface area contributed by atoms with Gasteiger partial charge in [-0.3, -0.25) is 9.59 Å². The predicted molar refractivity (Wildman–Crippen MR) is 64.4 cm³/mol. The van der Waals surface area contributed by atoms with Crippen LogP contribution in [0.2, 0.25) is 0 Å². The fourth-order valence-corrected chi connectivity index (χ4v) is 2.10. The first-order valence-electron chi connectivity index (χ1n) is 6.06. The van der Waals surface area contributed by atoms with E-state index < -0.39 is 6.04 Å². The number of amides is 2. The van der Waals surface area contributed by atoms with Crippen LogP contribution in [0, 0.1) is 5.92 Å². The third-order valence-electron chi connectivity index (χ3n) is 3.12. The first-order chi connectivity index (χ1) is 7.97. The van der Waals surface area contributed by atoms with E-state index in [-0.39, 0.29) is 17.9 Å². The van der Waals surface area contributed by atoms with Crippen molar-refractivity contribution in [3.63, 3.8) is 0 Å². The fraction of sp³-hybridized carbons (Fsp3) is 0.833. The van der Waals surface area contributed by atoms with Crippen LogP contribution in [0.1, 0.15) is 27.2 Å². The zero-order valence-electron chi connectivity index (χ0n) is 11.0. The van der Waals surface area contributed by atoms with E-state index in [2.05, 4.69) is 19.2 Å². The quantitative estimate of drug-likeness (QED) is 0.776. The van der Waals surface area contributed by atoms with Gasteiger partial charge >= 0.3 is 0 Å². The Morgan fingerprint density at radius 3 is 2.65 bits per heavy atom. The van der Waals surface area contributed by atoms with Gasteiger partial charge in [-0.25, -0.2) is 0 Å². The molecule has 2 atom stereocenters. The lowest BCUT2D eigenvalue weighted by atomic mass is 10.0. The van der Waals surface area contributed by atoms with Crippen LogP contribution < -0.4 is 5.32 Å². The minimum Gasteiger partial charge on any atom is -0.383 e. The van der Waals surface area contributed by atoms with Gasteiger partial charge in [0, 0.05) is 20.1 Å². The Kier molecular flexibility index (Phi) is 4.93. The molecular weight excluding hydrogens is 220 g/mol. The fourth-order valence-electron chi connectivity index (χ4n) is 2.10. The van der Waals surface area contributed by atoms with E-state index >= 15 is 0 Å². The molecule has 98 valence electrons. The van der Waals surface area contributed by atoms with Gasteiger partial charge in [0.25, 0.3) is 0 Å². The summed E-state index contributed by atoms with van der Waals surface area (Å²) < 4.78 is 5.17. The lowest BCUT2D eigenvalue weighted by molar-refractivity contribution is -0.137. The van der Waals surface area contributed by atoms with Crippen molar-refractivity contribution in [3.05, 3.63) is 0 Å². The number of methoxy groups -OCH3 is 1. The highest BCUT2D eigenvalue weighted by Gasteiger charge is 2.32. The zero-order valence-corrected chi connectivity index (χ0v) is 11.0. The Hall–Kier alpha value is -1.10. The second-order valence-electron chi connectivity index (χ2n) is 4.84. The maximum absolute atomic E-state index is 12.2. The lowest BCUT2D eigenvalue weighted by Gasteiger charge is -2.33. The minimum absolute atomic E-state index is 0.0217. The minimum atomic E-state index is -0.442. The molecule has 2 unspecified atom stereocenters. The zero-order chi connectivity index (χ0) is 13.0. The molecule has 17 heavy (non-hydrogen) atoms. The molecule has 0 aromatic carbocycles. The summed E-state index contributed by atoms with van der Waals surface area (Å²) in [7, 11) is 1.63. The summed E-state index contributed by atoms with van der Waals surface area (Å²) in [5.74, 6) is 0.221. The van der Waals surface area contributed by atoms with Crippen molar-refractivity contribution in [1.82, 2.24) is 10.2 Å². The van der Waals surface area contributed by atoms with E-state index in [0.29, 0.717) is 25.5 Å². The number of carbonyl (C=O) groups excluding carboxylic acids is 2. The molecule has 0 saturated carbocycles. The summed E-state index contributed by atoms with van der Waals surface area (Å²) in [4.78, 5) is 25.4. The van der Waals surface area contributed by atoms with Crippen molar-refractivity contribution in [2.75, 3.05) is 20.3 Å². The Balaban J connectivity index is 2.84. The maximum Gasteiger partial charge on any atom is 0.245 e. The lowest BCUT2D eigenvalue weighted by Crippen LogP contribution is -2.50. The molecule has 1 N–H and O–H groups in total. The van der Waals surface area contributed by atoms with Crippen molar-refractivity contribution in [3.8, 4) is 0 Å². The molecule has 1 aliphatic heterocycles. The third-order valence-corrected chi connectivity index (χ3v) is 3.12. The average molecular weight is 242 g/mol. The highest BCUT2D eigenvalue weighted by atomic mass is 16.5. The number of carbonyl (C=O) groups is 2. The molecule has 5 nitrogen and oxygen atoms in total. The topological polar surface area (TPSA) is 58.6 Å². The maximum atomic E-state index is 12.2. The molecule has 1 saturated heterocycles. The van der Waals surface area contributed by atoms with E-state index in [0.717, 1.165) is 0 Å². The van der Waals surface area contributed by atoms with Gasteiger partial charge in [0.1, 0.15) is 6.04 Å². The summed E-state index contributed by atoms with van der Waals surface area (Å²) in [5, 5.41) is 2.69. The SMILES string of the molecule is COCC(C(C)C)N1CCC(=O)NC(C)C1=O. The molecule has 0 bridgehead atoms. The Bertz CT molecular complexity index is 291. The van der Waals surface area contributed by atoms with Crippen molar-refractivity contribution in [2.45, 2.75) is 39.3 Å². The molecule has 0 aromatic heterocycles. The van der Waals surface area contributed by atoms with E-state index in [1.165, 1.54) is 0 Å². The molecule has 1 aliphatic rings. The largest absolute Gasteiger partial charge is 0.383 e. The Morgan fingerprint density at radius 1 is 1.47 bits per heavy atom. The van der Waals surface area contributed by atoms with Crippen LogP contribution in [-0.4, -0.2) is 49.1 Å². The first-order valence-corrected chi connectivity index (χ1v) is 6.06. The molecule has 1 fully saturated rings. The molecule has 0 aliphatic carbocycles. The van der Waals surface area contributed by atoms with Crippen LogP contribution >= 0.6 is 0 Å². The molecular formula is C12H22N2O3. The van der Waals surface area contributed by atoms with E-state index in [9.17, 15) is 9.59 Å². The number of rotatable bonds is 4. The summed E-state index contributed by atoms with van der Waals surface area (Å²) >= 11 is 0. The van der Waals surface area contributed by atoms with Gasteiger partial charge in [0.2, 0.25) is 11.8 Å². The van der Waals surface area contributed by atoms with Crippen LogP contribution in [0.5, 0.6) is 0 Å². The second-order valence-corrected chi connectivity index (χ2v) is 4.84. The van der Waals surface area contributed by atoms with Crippen LogP contribution in [-0.2, 0) is 14.3 Å².